The summed E-state index contributed by atoms with van der Waals surface area (Å²) in [5.74, 6) is -4.27. The Balaban J connectivity index is 2.26. The molecule has 0 aliphatic rings. The van der Waals surface area contributed by atoms with Crippen LogP contribution in [0.3, 0.4) is 0 Å². The van der Waals surface area contributed by atoms with Gasteiger partial charge in [0.05, 0.1) is 16.9 Å². The minimum absolute atomic E-state index is 0.335. The zero-order valence-corrected chi connectivity index (χ0v) is 16.4. The molecule has 0 amide bonds. The molecule has 12 heteroatoms. The summed E-state index contributed by atoms with van der Waals surface area (Å²) in [7, 11) is 0. The van der Waals surface area contributed by atoms with Crippen LogP contribution in [0.5, 0.6) is 5.75 Å². The number of carboxylic acid groups (broad SMARTS) is 1. The molecule has 1 atom stereocenters. The number of hydrogen-bond donors (Lipinski definition) is 3. The molecule has 0 spiro atoms. The molecule has 3 aromatic rings. The van der Waals surface area contributed by atoms with Gasteiger partial charge < -0.3 is 10.2 Å². The van der Waals surface area contributed by atoms with Crippen LogP contribution in [-0.2, 0) is 17.4 Å². The molecule has 0 bridgehead atoms. The van der Waals surface area contributed by atoms with Gasteiger partial charge in [0.1, 0.15) is 22.9 Å². The third-order valence-electron chi connectivity index (χ3n) is 4.32. The topological polar surface area (TPSA) is 98.1 Å². The molecule has 0 fully saturated rings. The van der Waals surface area contributed by atoms with Crippen LogP contribution in [0, 0.1) is 11.6 Å². The number of aromatic hydroxyl groups is 1. The minimum atomic E-state index is -4.95. The van der Waals surface area contributed by atoms with E-state index in [4.69, 9.17) is 5.11 Å². The summed E-state index contributed by atoms with van der Waals surface area (Å²) >= 11 is -3.00. The minimum Gasteiger partial charge on any atom is -0.507 e. The molecule has 168 valence electrons. The van der Waals surface area contributed by atoms with Crippen molar-refractivity contribution in [2.75, 3.05) is 4.31 Å². The number of anilines is 2. The second-order valence-corrected chi connectivity index (χ2v) is 7.25. The van der Waals surface area contributed by atoms with Crippen molar-refractivity contribution in [3.05, 3.63) is 77.4 Å². The first kappa shape index (κ1) is 23.2. The van der Waals surface area contributed by atoms with E-state index in [0.29, 0.717) is 22.5 Å². The molecule has 0 aromatic heterocycles. The third kappa shape index (κ3) is 4.70. The van der Waals surface area contributed by atoms with Gasteiger partial charge in [-0.15, -0.1) is 0 Å². The van der Waals surface area contributed by atoms with Crippen LogP contribution in [0.25, 0.3) is 11.1 Å². The largest absolute Gasteiger partial charge is 0.507 e. The smallest absolute Gasteiger partial charge is 0.416 e. The maximum absolute atomic E-state index is 14.2. The Morgan fingerprint density at radius 1 is 0.938 bits per heavy atom. The molecule has 0 saturated carbocycles. The van der Waals surface area contributed by atoms with Crippen molar-refractivity contribution < 1.29 is 45.7 Å². The Labute approximate surface area is 179 Å². The van der Waals surface area contributed by atoms with E-state index in [2.05, 4.69) is 0 Å². The van der Waals surface area contributed by atoms with Crippen molar-refractivity contribution >= 4 is 28.6 Å². The molecule has 0 aliphatic heterocycles. The molecule has 0 heterocycles. The average Bonchev–Trinajstić information content (AvgIpc) is 2.68. The highest BCUT2D eigenvalue weighted by atomic mass is 32.2. The van der Waals surface area contributed by atoms with Crippen LogP contribution in [-0.4, -0.2) is 24.9 Å². The number of phenols is 1. The molecule has 3 aromatic carbocycles. The monoisotopic (exact) mass is 473 g/mol. The molecule has 0 saturated heterocycles. The Kier molecular flexibility index (Phi) is 6.19. The van der Waals surface area contributed by atoms with Crippen LogP contribution in [0.15, 0.2) is 54.6 Å². The quantitative estimate of drug-likeness (QED) is 0.344. The zero-order chi connectivity index (χ0) is 23.8. The normalized spacial score (nSPS) is 12.4. The molecule has 0 radical (unpaired) electrons. The molecular weight excluding hydrogens is 461 g/mol. The van der Waals surface area contributed by atoms with E-state index >= 15 is 0 Å². The number of alkyl halides is 3. The van der Waals surface area contributed by atoms with Crippen molar-refractivity contribution in [1.82, 2.24) is 0 Å². The van der Waals surface area contributed by atoms with Gasteiger partial charge in [-0.1, -0.05) is 0 Å². The SMILES string of the molecule is O=C(O)c1ccc(N(c2cc(-c3cc(F)ccc3F)cc(C(F)(F)F)c2)S(=O)O)cc1O. The fourth-order valence-corrected chi connectivity index (χ4v) is 3.50. The van der Waals surface area contributed by atoms with Crippen molar-refractivity contribution in [3.63, 3.8) is 0 Å². The second kappa shape index (κ2) is 8.55. The van der Waals surface area contributed by atoms with Gasteiger partial charge in [-0.2, -0.15) is 13.2 Å². The summed E-state index contributed by atoms with van der Waals surface area (Å²) < 4.78 is 90.4. The first-order chi connectivity index (χ1) is 14.9. The molecule has 32 heavy (non-hydrogen) atoms. The van der Waals surface area contributed by atoms with E-state index in [0.717, 1.165) is 36.4 Å². The Hall–Kier alpha value is -3.51. The van der Waals surface area contributed by atoms with Crippen LogP contribution in [0.1, 0.15) is 15.9 Å². The van der Waals surface area contributed by atoms with Crippen LogP contribution < -0.4 is 4.31 Å². The number of benzene rings is 3. The summed E-state index contributed by atoms with van der Waals surface area (Å²) in [5, 5.41) is 18.8. The van der Waals surface area contributed by atoms with Crippen LogP contribution in [0.2, 0.25) is 0 Å². The van der Waals surface area contributed by atoms with E-state index in [9.17, 15) is 40.6 Å². The average molecular weight is 473 g/mol. The lowest BCUT2D eigenvalue weighted by molar-refractivity contribution is -0.137. The van der Waals surface area contributed by atoms with Gasteiger partial charge in [-0.05, 0) is 54.1 Å². The standard InChI is InChI=1S/C20H12F5NO5S/c21-12-1-4-17(22)16(8-12)10-5-11(20(23,24)25)7-14(6-10)26(32(30)31)13-2-3-15(19(28)29)18(27)9-13/h1-9,27H,(H,28,29)(H,30,31). The molecule has 3 rings (SSSR count). The van der Waals surface area contributed by atoms with Crippen LogP contribution >= 0.6 is 0 Å². The number of carboxylic acids is 1. The van der Waals surface area contributed by atoms with Gasteiger partial charge in [0, 0.05) is 11.6 Å². The van der Waals surface area contributed by atoms with Gasteiger partial charge in [-0.25, -0.2) is 22.1 Å². The molecule has 3 N–H and O–H groups in total. The predicted molar refractivity (Wildman–Crippen MR) is 105 cm³/mol. The van der Waals surface area contributed by atoms with Crippen molar-refractivity contribution in [1.29, 1.82) is 0 Å². The van der Waals surface area contributed by atoms with Crippen molar-refractivity contribution in [3.8, 4) is 16.9 Å². The summed E-state index contributed by atoms with van der Waals surface area (Å²) in [6, 6.07) is 6.76. The lowest BCUT2D eigenvalue weighted by atomic mass is 10.0. The van der Waals surface area contributed by atoms with Gasteiger partial charge in [0.15, 0.2) is 0 Å². The van der Waals surface area contributed by atoms with E-state index in [1.165, 1.54) is 0 Å². The number of halogens is 5. The summed E-state index contributed by atoms with van der Waals surface area (Å²) in [6.07, 6.45) is -4.95. The highest BCUT2D eigenvalue weighted by molar-refractivity contribution is 7.81. The highest BCUT2D eigenvalue weighted by Gasteiger charge is 2.33. The zero-order valence-electron chi connectivity index (χ0n) is 15.6. The van der Waals surface area contributed by atoms with Gasteiger partial charge >= 0.3 is 12.1 Å². The predicted octanol–water partition coefficient (Wildman–Crippen LogP) is 5.33. The summed E-state index contributed by atoms with van der Waals surface area (Å²) in [6.45, 7) is 0. The van der Waals surface area contributed by atoms with E-state index in [1.807, 2.05) is 0 Å². The maximum Gasteiger partial charge on any atom is 0.416 e. The summed E-state index contributed by atoms with van der Waals surface area (Å²) in [5.41, 5.74) is -3.72. The lowest BCUT2D eigenvalue weighted by Crippen LogP contribution is -2.20. The number of hydrogen-bond acceptors (Lipinski definition) is 3. The molecule has 0 aliphatic carbocycles. The number of rotatable bonds is 5. The van der Waals surface area contributed by atoms with Crippen molar-refractivity contribution in [2.24, 2.45) is 0 Å². The van der Waals surface area contributed by atoms with Gasteiger partial charge in [-0.3, -0.25) is 4.55 Å². The van der Waals surface area contributed by atoms with Crippen LogP contribution in [0.4, 0.5) is 33.3 Å². The van der Waals surface area contributed by atoms with Gasteiger partial charge in [0.25, 0.3) is 11.3 Å². The third-order valence-corrected chi connectivity index (χ3v) is 5.06. The molecular formula is C20H12F5NO5S. The van der Waals surface area contributed by atoms with Gasteiger partial charge in [0.2, 0.25) is 0 Å². The second-order valence-electron chi connectivity index (χ2n) is 6.42. The van der Waals surface area contributed by atoms with Crippen molar-refractivity contribution in [2.45, 2.75) is 6.18 Å². The Morgan fingerprint density at radius 3 is 2.19 bits per heavy atom. The number of nitrogens with zero attached hydrogens (tertiary/aromatic N) is 1. The highest BCUT2D eigenvalue weighted by Crippen LogP contribution is 2.39. The molecule has 1 unspecified atom stereocenters. The first-order valence-electron chi connectivity index (χ1n) is 8.53. The number of carbonyl (C=O) groups is 1. The lowest BCUT2D eigenvalue weighted by Gasteiger charge is -2.23. The van der Waals surface area contributed by atoms with E-state index in [-0.39, 0.29) is 5.69 Å². The number of aromatic carboxylic acids is 1. The fraction of sp³-hybridized carbons (Fsp3) is 0.0500. The van der Waals surface area contributed by atoms with E-state index < -0.39 is 68.7 Å². The molecule has 6 nitrogen and oxygen atoms in total. The Morgan fingerprint density at radius 2 is 1.62 bits per heavy atom. The maximum atomic E-state index is 14.2. The summed E-state index contributed by atoms with van der Waals surface area (Å²) in [4.78, 5) is 11.0. The fourth-order valence-electron chi connectivity index (χ4n) is 2.92. The first-order valence-corrected chi connectivity index (χ1v) is 9.60. The Bertz CT molecular complexity index is 1230. The van der Waals surface area contributed by atoms with E-state index in [1.54, 1.807) is 0 Å².